The van der Waals surface area contributed by atoms with Gasteiger partial charge in [-0.25, -0.2) is 4.98 Å². The fourth-order valence-corrected chi connectivity index (χ4v) is 3.75. The molecular formula is C19H21N5O. The monoisotopic (exact) mass is 335 g/mol. The van der Waals surface area contributed by atoms with E-state index in [1.165, 1.54) is 10.9 Å². The molecule has 0 spiro atoms. The molecule has 1 aliphatic heterocycles. The summed E-state index contributed by atoms with van der Waals surface area (Å²) in [5.74, 6) is 0.117. The van der Waals surface area contributed by atoms with Crippen molar-refractivity contribution >= 4 is 16.8 Å². The van der Waals surface area contributed by atoms with Crippen LogP contribution in [0.3, 0.4) is 0 Å². The van der Waals surface area contributed by atoms with E-state index >= 15 is 0 Å². The molecule has 0 radical (unpaired) electrons. The summed E-state index contributed by atoms with van der Waals surface area (Å²) in [7, 11) is 0. The lowest BCUT2D eigenvalue weighted by atomic mass is 10.1. The Hall–Kier alpha value is -2.60. The minimum atomic E-state index is -0.197. The Bertz CT molecular complexity index is 923. The van der Waals surface area contributed by atoms with Crippen LogP contribution in [0.2, 0.25) is 0 Å². The van der Waals surface area contributed by atoms with E-state index in [1.54, 1.807) is 6.33 Å². The molecule has 1 aliphatic carbocycles. The molecule has 1 atom stereocenters. The quantitative estimate of drug-likeness (QED) is 0.768. The zero-order valence-corrected chi connectivity index (χ0v) is 14.0. The average molecular weight is 335 g/mol. The maximum absolute atomic E-state index is 12.7. The first-order valence-electron chi connectivity index (χ1n) is 8.86. The molecule has 2 aliphatic rings. The van der Waals surface area contributed by atoms with Gasteiger partial charge in [0.1, 0.15) is 6.04 Å². The van der Waals surface area contributed by atoms with Gasteiger partial charge in [0.2, 0.25) is 5.91 Å². The Balaban J connectivity index is 1.41. The van der Waals surface area contributed by atoms with Crippen LogP contribution in [0, 0.1) is 0 Å². The summed E-state index contributed by atoms with van der Waals surface area (Å²) in [5, 5.41) is 4.40. The van der Waals surface area contributed by atoms with Crippen molar-refractivity contribution in [1.29, 1.82) is 0 Å². The number of rotatable bonds is 4. The number of H-pyrrole nitrogens is 1. The summed E-state index contributed by atoms with van der Waals surface area (Å²) in [6.45, 7) is 2.35. The van der Waals surface area contributed by atoms with E-state index in [2.05, 4.69) is 44.5 Å². The summed E-state index contributed by atoms with van der Waals surface area (Å²) in [6, 6.07) is 8.65. The Kier molecular flexibility index (Phi) is 3.38. The first-order valence-corrected chi connectivity index (χ1v) is 8.86. The van der Waals surface area contributed by atoms with E-state index in [9.17, 15) is 4.79 Å². The van der Waals surface area contributed by atoms with Crippen LogP contribution in [0.15, 0.2) is 43.0 Å². The van der Waals surface area contributed by atoms with Gasteiger partial charge in [-0.05, 0) is 30.5 Å². The summed E-state index contributed by atoms with van der Waals surface area (Å²) in [5.41, 5.74) is 3.54. The van der Waals surface area contributed by atoms with Crippen molar-refractivity contribution in [2.45, 2.75) is 38.0 Å². The van der Waals surface area contributed by atoms with Gasteiger partial charge in [-0.15, -0.1) is 0 Å². The standard InChI is InChI=1S/C19H21N5O/c25-19(22-14-4-5-14)18-11-23(10-15-8-20-12-24(15)18)9-13-2-1-3-17-16(13)6-7-21-17/h1-3,6-8,12,14,18,21H,4-5,9-11H2,(H,22,25). The molecule has 5 rings (SSSR count). The van der Waals surface area contributed by atoms with E-state index in [1.807, 2.05) is 17.0 Å². The Morgan fingerprint density at radius 2 is 2.24 bits per heavy atom. The molecule has 3 aromatic rings. The number of nitrogens with one attached hydrogen (secondary N) is 2. The molecule has 6 nitrogen and oxygen atoms in total. The number of amides is 1. The number of carbonyl (C=O) groups excluding carboxylic acids is 1. The van der Waals surface area contributed by atoms with Crippen molar-refractivity contribution in [3.63, 3.8) is 0 Å². The Labute approximate surface area is 145 Å². The molecule has 2 N–H and O–H groups in total. The number of benzene rings is 1. The highest BCUT2D eigenvalue weighted by Gasteiger charge is 2.33. The van der Waals surface area contributed by atoms with Gasteiger partial charge in [-0.1, -0.05) is 12.1 Å². The highest BCUT2D eigenvalue weighted by Crippen LogP contribution is 2.27. The second kappa shape index (κ2) is 5.74. The van der Waals surface area contributed by atoms with Gasteiger partial charge in [0.15, 0.2) is 0 Å². The normalized spacial score (nSPS) is 20.6. The zero-order chi connectivity index (χ0) is 16.8. The van der Waals surface area contributed by atoms with E-state index in [4.69, 9.17) is 0 Å². The van der Waals surface area contributed by atoms with Gasteiger partial charge < -0.3 is 14.9 Å². The highest BCUT2D eigenvalue weighted by molar-refractivity contribution is 5.83. The van der Waals surface area contributed by atoms with Crippen LogP contribution in [0.1, 0.15) is 30.1 Å². The maximum atomic E-state index is 12.7. The molecule has 1 aromatic carbocycles. The van der Waals surface area contributed by atoms with Crippen molar-refractivity contribution in [2.24, 2.45) is 0 Å². The lowest BCUT2D eigenvalue weighted by Gasteiger charge is -2.33. The van der Waals surface area contributed by atoms with E-state index in [0.29, 0.717) is 12.6 Å². The average Bonchev–Trinajstić information content (AvgIpc) is 3.11. The van der Waals surface area contributed by atoms with Crippen molar-refractivity contribution < 1.29 is 4.79 Å². The molecule has 0 saturated heterocycles. The minimum Gasteiger partial charge on any atom is -0.361 e. The van der Waals surface area contributed by atoms with Crippen LogP contribution in [0.5, 0.6) is 0 Å². The van der Waals surface area contributed by atoms with Gasteiger partial charge in [-0.3, -0.25) is 9.69 Å². The van der Waals surface area contributed by atoms with Gasteiger partial charge in [0.25, 0.3) is 0 Å². The van der Waals surface area contributed by atoms with Crippen molar-refractivity contribution in [2.75, 3.05) is 6.54 Å². The van der Waals surface area contributed by atoms with E-state index in [-0.39, 0.29) is 11.9 Å². The third-order valence-corrected chi connectivity index (χ3v) is 5.20. The number of fused-ring (bicyclic) bond motifs is 2. The Morgan fingerprint density at radius 1 is 1.32 bits per heavy atom. The lowest BCUT2D eigenvalue weighted by Crippen LogP contribution is -2.44. The second-order valence-electron chi connectivity index (χ2n) is 7.12. The second-order valence-corrected chi connectivity index (χ2v) is 7.12. The third kappa shape index (κ3) is 2.72. The topological polar surface area (TPSA) is 66.0 Å². The van der Waals surface area contributed by atoms with Gasteiger partial charge in [0.05, 0.1) is 12.0 Å². The van der Waals surface area contributed by atoms with Crippen LogP contribution in [-0.4, -0.2) is 37.9 Å². The predicted octanol–water partition coefficient (Wildman–Crippen LogP) is 2.20. The number of imidazole rings is 1. The van der Waals surface area contributed by atoms with Crippen LogP contribution < -0.4 is 5.32 Å². The summed E-state index contributed by atoms with van der Waals surface area (Å²) in [4.78, 5) is 22.6. The largest absolute Gasteiger partial charge is 0.361 e. The smallest absolute Gasteiger partial charge is 0.244 e. The van der Waals surface area contributed by atoms with Crippen molar-refractivity contribution in [1.82, 2.24) is 24.8 Å². The van der Waals surface area contributed by atoms with E-state index in [0.717, 1.165) is 37.1 Å². The summed E-state index contributed by atoms with van der Waals surface area (Å²) in [6.07, 6.45) is 7.85. The molecule has 2 aromatic heterocycles. The fourth-order valence-electron chi connectivity index (χ4n) is 3.75. The molecule has 1 amide bonds. The fraction of sp³-hybridized carbons (Fsp3) is 0.368. The van der Waals surface area contributed by atoms with Gasteiger partial charge in [-0.2, -0.15) is 0 Å². The van der Waals surface area contributed by atoms with Gasteiger partial charge >= 0.3 is 0 Å². The minimum absolute atomic E-state index is 0.117. The number of hydrogen-bond acceptors (Lipinski definition) is 3. The van der Waals surface area contributed by atoms with Crippen molar-refractivity contribution in [3.8, 4) is 0 Å². The number of aromatic nitrogens is 3. The zero-order valence-electron chi connectivity index (χ0n) is 14.0. The molecular weight excluding hydrogens is 314 g/mol. The molecule has 3 heterocycles. The number of aromatic amines is 1. The molecule has 1 unspecified atom stereocenters. The molecule has 0 bridgehead atoms. The molecule has 1 fully saturated rings. The molecule has 128 valence electrons. The predicted molar refractivity (Wildman–Crippen MR) is 94.8 cm³/mol. The number of hydrogen-bond donors (Lipinski definition) is 2. The van der Waals surface area contributed by atoms with Crippen LogP contribution in [0.25, 0.3) is 10.9 Å². The van der Waals surface area contributed by atoms with Crippen molar-refractivity contribution in [3.05, 3.63) is 54.2 Å². The maximum Gasteiger partial charge on any atom is 0.244 e. The molecule has 6 heteroatoms. The van der Waals surface area contributed by atoms with Crippen LogP contribution in [0.4, 0.5) is 0 Å². The Morgan fingerprint density at radius 3 is 3.12 bits per heavy atom. The van der Waals surface area contributed by atoms with Gasteiger partial charge in [0, 0.05) is 49.0 Å². The summed E-state index contributed by atoms with van der Waals surface area (Å²) < 4.78 is 2.03. The number of carbonyl (C=O) groups is 1. The third-order valence-electron chi connectivity index (χ3n) is 5.20. The van der Waals surface area contributed by atoms with Crippen LogP contribution in [-0.2, 0) is 17.9 Å². The first-order chi connectivity index (χ1) is 12.3. The highest BCUT2D eigenvalue weighted by atomic mass is 16.2. The SMILES string of the molecule is O=C(NC1CC1)C1CN(Cc2cccc3[nH]ccc23)Cc2cncn21. The summed E-state index contributed by atoms with van der Waals surface area (Å²) >= 11 is 0. The first kappa shape index (κ1) is 14.7. The van der Waals surface area contributed by atoms with Crippen LogP contribution >= 0.6 is 0 Å². The number of nitrogens with zero attached hydrogens (tertiary/aromatic N) is 3. The van der Waals surface area contributed by atoms with E-state index < -0.39 is 0 Å². The molecule has 25 heavy (non-hydrogen) atoms. The lowest BCUT2D eigenvalue weighted by molar-refractivity contribution is -0.125. The molecule has 1 saturated carbocycles.